The largest absolute Gasteiger partial charge is 0.506 e. The van der Waals surface area contributed by atoms with E-state index >= 15 is 0 Å². The zero-order valence-corrected chi connectivity index (χ0v) is 9.21. The summed E-state index contributed by atoms with van der Waals surface area (Å²) in [5.41, 5.74) is 1.10. The molecule has 17 heavy (non-hydrogen) atoms. The zero-order chi connectivity index (χ0) is 12.3. The Morgan fingerprint density at radius 2 is 2.18 bits per heavy atom. The molecule has 0 atom stereocenters. The van der Waals surface area contributed by atoms with Crippen LogP contribution in [0.1, 0.15) is 16.1 Å². The summed E-state index contributed by atoms with van der Waals surface area (Å²) in [6, 6.07) is 6.68. The number of rotatable bonds is 2. The van der Waals surface area contributed by atoms with Gasteiger partial charge in [-0.25, -0.2) is 4.98 Å². The van der Waals surface area contributed by atoms with Crippen molar-refractivity contribution in [2.24, 2.45) is 0 Å². The van der Waals surface area contributed by atoms with E-state index < -0.39 is 0 Å². The lowest BCUT2D eigenvalue weighted by molar-refractivity contribution is 0.102. The Labute approximate surface area is 98.2 Å². The fourth-order valence-corrected chi connectivity index (χ4v) is 1.35. The number of hydrogen-bond acceptors (Lipinski definition) is 4. The Balaban J connectivity index is 2.17. The fourth-order valence-electron chi connectivity index (χ4n) is 1.35. The molecule has 0 radical (unpaired) electrons. The molecule has 2 aromatic rings. The van der Waals surface area contributed by atoms with Crippen LogP contribution in [0.15, 0.2) is 36.7 Å². The van der Waals surface area contributed by atoms with Crippen LogP contribution in [0.3, 0.4) is 0 Å². The van der Waals surface area contributed by atoms with E-state index in [0.29, 0.717) is 5.82 Å². The molecule has 1 amide bonds. The van der Waals surface area contributed by atoms with Crippen molar-refractivity contribution < 1.29 is 9.90 Å². The fraction of sp³-hybridized carbons (Fsp3) is 0.0833. The number of pyridine rings is 2. The molecular formula is C12H11N3O2. The molecular weight excluding hydrogens is 218 g/mol. The van der Waals surface area contributed by atoms with Crippen molar-refractivity contribution in [1.82, 2.24) is 9.97 Å². The van der Waals surface area contributed by atoms with Gasteiger partial charge >= 0.3 is 0 Å². The van der Waals surface area contributed by atoms with E-state index in [2.05, 4.69) is 15.3 Å². The van der Waals surface area contributed by atoms with Crippen molar-refractivity contribution in [3.8, 4) is 5.75 Å². The van der Waals surface area contributed by atoms with Crippen LogP contribution in [-0.2, 0) is 0 Å². The SMILES string of the molecule is Cc1cccc(NC(=O)c2cncc(O)c2)n1. The summed E-state index contributed by atoms with van der Waals surface area (Å²) in [6.07, 6.45) is 2.65. The first-order valence-corrected chi connectivity index (χ1v) is 5.04. The Morgan fingerprint density at radius 3 is 2.88 bits per heavy atom. The quantitative estimate of drug-likeness (QED) is 0.822. The van der Waals surface area contributed by atoms with Crippen LogP contribution in [-0.4, -0.2) is 21.0 Å². The highest BCUT2D eigenvalue weighted by atomic mass is 16.3. The zero-order valence-electron chi connectivity index (χ0n) is 9.21. The minimum atomic E-state index is -0.355. The van der Waals surface area contributed by atoms with Gasteiger partial charge in [0.05, 0.1) is 11.8 Å². The molecule has 0 aliphatic rings. The van der Waals surface area contributed by atoms with Crippen molar-refractivity contribution in [3.63, 3.8) is 0 Å². The molecule has 0 aliphatic carbocycles. The Bertz CT molecular complexity index is 555. The number of nitrogens with zero attached hydrogens (tertiary/aromatic N) is 2. The van der Waals surface area contributed by atoms with Crippen LogP contribution in [0.2, 0.25) is 0 Å². The number of nitrogens with one attached hydrogen (secondary N) is 1. The van der Waals surface area contributed by atoms with Gasteiger partial charge in [-0.1, -0.05) is 6.07 Å². The van der Waals surface area contributed by atoms with Crippen molar-refractivity contribution in [3.05, 3.63) is 47.9 Å². The number of carbonyl (C=O) groups excluding carboxylic acids is 1. The Hall–Kier alpha value is -2.43. The van der Waals surface area contributed by atoms with E-state index in [-0.39, 0.29) is 17.2 Å². The summed E-state index contributed by atoms with van der Waals surface area (Å²) < 4.78 is 0. The maximum Gasteiger partial charge on any atom is 0.258 e. The van der Waals surface area contributed by atoms with E-state index in [9.17, 15) is 9.90 Å². The summed E-state index contributed by atoms with van der Waals surface area (Å²) in [5, 5.41) is 11.8. The summed E-state index contributed by atoms with van der Waals surface area (Å²) in [4.78, 5) is 19.7. The number of carbonyl (C=O) groups is 1. The van der Waals surface area contributed by atoms with Crippen LogP contribution >= 0.6 is 0 Å². The molecule has 2 N–H and O–H groups in total. The van der Waals surface area contributed by atoms with E-state index in [1.54, 1.807) is 12.1 Å². The average molecular weight is 229 g/mol. The van der Waals surface area contributed by atoms with Crippen molar-refractivity contribution in [2.75, 3.05) is 5.32 Å². The van der Waals surface area contributed by atoms with Crippen molar-refractivity contribution >= 4 is 11.7 Å². The van der Waals surface area contributed by atoms with Gasteiger partial charge in [0.1, 0.15) is 11.6 Å². The smallest absolute Gasteiger partial charge is 0.258 e. The average Bonchev–Trinajstić information content (AvgIpc) is 2.29. The van der Waals surface area contributed by atoms with Gasteiger partial charge in [0.15, 0.2) is 0 Å². The Morgan fingerprint density at radius 1 is 1.35 bits per heavy atom. The molecule has 2 rings (SSSR count). The summed E-state index contributed by atoms with van der Waals surface area (Å²) in [7, 11) is 0. The monoisotopic (exact) mass is 229 g/mol. The molecule has 5 heteroatoms. The summed E-state index contributed by atoms with van der Waals surface area (Å²) >= 11 is 0. The van der Waals surface area contributed by atoms with Crippen LogP contribution in [0.4, 0.5) is 5.82 Å². The minimum absolute atomic E-state index is 0.0464. The molecule has 0 spiro atoms. The van der Waals surface area contributed by atoms with Gasteiger partial charge in [-0.2, -0.15) is 0 Å². The second-order valence-corrected chi connectivity index (χ2v) is 3.55. The topological polar surface area (TPSA) is 75.1 Å². The molecule has 0 aromatic carbocycles. The number of aromatic nitrogens is 2. The predicted octanol–water partition coefficient (Wildman–Crippen LogP) is 1.74. The third-order valence-corrected chi connectivity index (χ3v) is 2.12. The lowest BCUT2D eigenvalue weighted by Crippen LogP contribution is -2.13. The third kappa shape index (κ3) is 2.78. The minimum Gasteiger partial charge on any atom is -0.506 e. The van der Waals surface area contributed by atoms with Gasteiger partial charge < -0.3 is 10.4 Å². The molecule has 0 bridgehead atoms. The highest BCUT2D eigenvalue weighted by Crippen LogP contribution is 2.11. The van der Waals surface area contributed by atoms with Crippen LogP contribution in [0.25, 0.3) is 0 Å². The molecule has 2 aromatic heterocycles. The lowest BCUT2D eigenvalue weighted by atomic mass is 10.2. The highest BCUT2D eigenvalue weighted by Gasteiger charge is 2.07. The number of amides is 1. The highest BCUT2D eigenvalue weighted by molar-refractivity contribution is 6.03. The van der Waals surface area contributed by atoms with Gasteiger partial charge in [0.25, 0.3) is 5.91 Å². The molecule has 0 fully saturated rings. The Kier molecular flexibility index (Phi) is 3.00. The van der Waals surface area contributed by atoms with Gasteiger partial charge in [-0.15, -0.1) is 0 Å². The van der Waals surface area contributed by atoms with Gasteiger partial charge in [-0.05, 0) is 25.1 Å². The van der Waals surface area contributed by atoms with Crippen LogP contribution < -0.4 is 5.32 Å². The number of hydrogen-bond donors (Lipinski definition) is 2. The van der Waals surface area contributed by atoms with E-state index in [1.165, 1.54) is 18.5 Å². The normalized spacial score (nSPS) is 9.94. The van der Waals surface area contributed by atoms with E-state index in [1.807, 2.05) is 13.0 Å². The second kappa shape index (κ2) is 4.61. The first-order valence-electron chi connectivity index (χ1n) is 5.04. The lowest BCUT2D eigenvalue weighted by Gasteiger charge is -2.04. The number of aromatic hydroxyl groups is 1. The van der Waals surface area contributed by atoms with Crippen LogP contribution in [0, 0.1) is 6.92 Å². The first-order chi connectivity index (χ1) is 8.15. The van der Waals surface area contributed by atoms with Crippen molar-refractivity contribution in [1.29, 1.82) is 0 Å². The second-order valence-electron chi connectivity index (χ2n) is 3.55. The van der Waals surface area contributed by atoms with E-state index in [4.69, 9.17) is 0 Å². The molecule has 2 heterocycles. The summed E-state index contributed by atoms with van der Waals surface area (Å²) in [5.74, 6) is 0.0692. The van der Waals surface area contributed by atoms with Gasteiger partial charge in [0, 0.05) is 11.9 Å². The molecule has 86 valence electrons. The maximum absolute atomic E-state index is 11.8. The molecule has 0 unspecified atom stereocenters. The van der Waals surface area contributed by atoms with Gasteiger partial charge in [0.2, 0.25) is 0 Å². The molecule has 5 nitrogen and oxygen atoms in total. The maximum atomic E-state index is 11.8. The summed E-state index contributed by atoms with van der Waals surface area (Å²) in [6.45, 7) is 1.84. The third-order valence-electron chi connectivity index (χ3n) is 2.12. The molecule has 0 saturated carbocycles. The standard InChI is InChI=1S/C12H11N3O2/c1-8-3-2-4-11(14-8)15-12(17)9-5-10(16)7-13-6-9/h2-7,16H,1H3,(H,14,15,17). The van der Waals surface area contributed by atoms with E-state index in [0.717, 1.165) is 5.69 Å². The predicted molar refractivity (Wildman–Crippen MR) is 62.8 cm³/mol. The van der Waals surface area contributed by atoms with Crippen LogP contribution in [0.5, 0.6) is 5.75 Å². The molecule has 0 saturated heterocycles. The van der Waals surface area contributed by atoms with Crippen molar-refractivity contribution in [2.45, 2.75) is 6.92 Å². The van der Waals surface area contributed by atoms with Gasteiger partial charge in [-0.3, -0.25) is 9.78 Å². The first kappa shape index (κ1) is 11.1. The molecule has 0 aliphatic heterocycles. The number of aryl methyl sites for hydroxylation is 1. The number of anilines is 1.